The van der Waals surface area contributed by atoms with Gasteiger partial charge in [-0.25, -0.2) is 4.79 Å². The van der Waals surface area contributed by atoms with E-state index in [0.29, 0.717) is 6.54 Å². The lowest BCUT2D eigenvalue weighted by Gasteiger charge is -2.18. The molecule has 0 aromatic carbocycles. The van der Waals surface area contributed by atoms with Gasteiger partial charge in [0.25, 0.3) is 0 Å². The van der Waals surface area contributed by atoms with Crippen LogP contribution >= 0.6 is 0 Å². The average Bonchev–Trinajstić information content (AvgIpc) is 2.31. The number of urea groups is 1. The van der Waals surface area contributed by atoms with Crippen LogP contribution < -0.4 is 10.6 Å². The summed E-state index contributed by atoms with van der Waals surface area (Å²) >= 11 is 0. The Labute approximate surface area is 115 Å². The third kappa shape index (κ3) is 10.3. The van der Waals surface area contributed by atoms with E-state index in [1.54, 1.807) is 0 Å². The number of carbonyl (C=O) groups is 2. The van der Waals surface area contributed by atoms with E-state index in [-0.39, 0.29) is 24.4 Å². The summed E-state index contributed by atoms with van der Waals surface area (Å²) in [6, 6.07) is -0.128. The van der Waals surface area contributed by atoms with Gasteiger partial charge in [0.1, 0.15) is 0 Å². The van der Waals surface area contributed by atoms with Gasteiger partial charge in [-0.1, -0.05) is 13.3 Å². The Morgan fingerprint density at radius 3 is 2.42 bits per heavy atom. The van der Waals surface area contributed by atoms with E-state index in [1.165, 1.54) is 0 Å². The fraction of sp³-hybridized carbons (Fsp3) is 0.846. The third-order valence-corrected chi connectivity index (χ3v) is 2.98. The Kier molecular flexibility index (Phi) is 8.95. The van der Waals surface area contributed by atoms with Crippen LogP contribution in [0.4, 0.5) is 4.79 Å². The zero-order valence-electron chi connectivity index (χ0n) is 12.4. The summed E-state index contributed by atoms with van der Waals surface area (Å²) in [5, 5.41) is 14.3. The van der Waals surface area contributed by atoms with Crippen LogP contribution in [0.25, 0.3) is 0 Å². The molecule has 0 spiro atoms. The SMILES string of the molecule is CCC(CNC(=O)NC(C)CCN(C)C)CC(=O)O. The Morgan fingerprint density at radius 2 is 1.95 bits per heavy atom. The van der Waals surface area contributed by atoms with Gasteiger partial charge in [-0.3, -0.25) is 4.79 Å². The number of hydrogen-bond acceptors (Lipinski definition) is 3. The molecule has 6 nitrogen and oxygen atoms in total. The number of carboxylic acids is 1. The number of nitrogens with zero attached hydrogens (tertiary/aromatic N) is 1. The van der Waals surface area contributed by atoms with E-state index in [2.05, 4.69) is 15.5 Å². The quantitative estimate of drug-likeness (QED) is 0.588. The first-order valence-corrected chi connectivity index (χ1v) is 6.76. The molecule has 112 valence electrons. The summed E-state index contributed by atoms with van der Waals surface area (Å²) in [5.74, 6) is -0.839. The second kappa shape index (κ2) is 9.61. The molecule has 0 saturated carbocycles. The normalized spacial score (nSPS) is 13.9. The smallest absolute Gasteiger partial charge is 0.315 e. The van der Waals surface area contributed by atoms with Gasteiger partial charge in [-0.05, 0) is 39.9 Å². The second-order valence-corrected chi connectivity index (χ2v) is 5.22. The Balaban J connectivity index is 3.87. The molecule has 2 unspecified atom stereocenters. The van der Waals surface area contributed by atoms with E-state index in [4.69, 9.17) is 5.11 Å². The largest absolute Gasteiger partial charge is 0.481 e. The number of carbonyl (C=O) groups excluding carboxylic acids is 1. The van der Waals surface area contributed by atoms with Crippen molar-refractivity contribution in [3.8, 4) is 0 Å². The van der Waals surface area contributed by atoms with E-state index in [1.807, 2.05) is 27.9 Å². The molecule has 0 fully saturated rings. The van der Waals surface area contributed by atoms with Crippen molar-refractivity contribution in [3.63, 3.8) is 0 Å². The molecule has 19 heavy (non-hydrogen) atoms. The number of carboxylic acid groups (broad SMARTS) is 1. The number of rotatable bonds is 9. The van der Waals surface area contributed by atoms with Gasteiger partial charge in [0.2, 0.25) is 0 Å². The minimum atomic E-state index is -0.826. The third-order valence-electron chi connectivity index (χ3n) is 2.98. The van der Waals surface area contributed by atoms with Crippen molar-refractivity contribution < 1.29 is 14.7 Å². The van der Waals surface area contributed by atoms with Crippen LogP contribution in [-0.4, -0.2) is 55.2 Å². The summed E-state index contributed by atoms with van der Waals surface area (Å²) in [6.07, 6.45) is 1.71. The highest BCUT2D eigenvalue weighted by Gasteiger charge is 2.13. The summed E-state index contributed by atoms with van der Waals surface area (Å²) in [5.41, 5.74) is 0. The summed E-state index contributed by atoms with van der Waals surface area (Å²) in [4.78, 5) is 24.3. The van der Waals surface area contributed by atoms with Gasteiger partial charge >= 0.3 is 12.0 Å². The van der Waals surface area contributed by atoms with Crippen LogP contribution in [0.5, 0.6) is 0 Å². The van der Waals surface area contributed by atoms with Crippen LogP contribution in [-0.2, 0) is 4.79 Å². The monoisotopic (exact) mass is 273 g/mol. The highest BCUT2D eigenvalue weighted by Crippen LogP contribution is 2.06. The minimum absolute atomic E-state index is 0.0136. The van der Waals surface area contributed by atoms with Crippen LogP contribution in [0.1, 0.15) is 33.1 Å². The first-order chi connectivity index (χ1) is 8.85. The van der Waals surface area contributed by atoms with Crippen molar-refractivity contribution in [2.45, 2.75) is 39.2 Å². The Bertz CT molecular complexity index is 282. The van der Waals surface area contributed by atoms with E-state index < -0.39 is 5.97 Å². The molecule has 0 rings (SSSR count). The lowest BCUT2D eigenvalue weighted by atomic mass is 10.0. The molecular weight excluding hydrogens is 246 g/mol. The van der Waals surface area contributed by atoms with Crippen LogP contribution in [0.3, 0.4) is 0 Å². The number of amides is 2. The van der Waals surface area contributed by atoms with Gasteiger partial charge in [-0.15, -0.1) is 0 Å². The van der Waals surface area contributed by atoms with Crippen molar-refractivity contribution in [1.82, 2.24) is 15.5 Å². The topological polar surface area (TPSA) is 81.7 Å². The summed E-state index contributed by atoms with van der Waals surface area (Å²) < 4.78 is 0. The van der Waals surface area contributed by atoms with Gasteiger partial charge in [-0.2, -0.15) is 0 Å². The van der Waals surface area contributed by atoms with Gasteiger partial charge in [0, 0.05) is 19.0 Å². The fourth-order valence-electron chi connectivity index (χ4n) is 1.64. The van der Waals surface area contributed by atoms with Crippen LogP contribution in [0.2, 0.25) is 0 Å². The first kappa shape index (κ1) is 17.7. The molecule has 0 aliphatic heterocycles. The van der Waals surface area contributed by atoms with Crippen molar-refractivity contribution in [2.75, 3.05) is 27.2 Å². The molecule has 0 bridgehead atoms. The molecule has 0 radical (unpaired) electrons. The number of hydrogen-bond donors (Lipinski definition) is 3. The Morgan fingerprint density at radius 1 is 1.32 bits per heavy atom. The molecule has 0 aromatic heterocycles. The van der Waals surface area contributed by atoms with Crippen LogP contribution in [0.15, 0.2) is 0 Å². The molecule has 3 N–H and O–H groups in total. The summed E-state index contributed by atoms with van der Waals surface area (Å²) in [6.45, 7) is 5.19. The maximum atomic E-state index is 11.6. The molecular formula is C13H27N3O3. The fourth-order valence-corrected chi connectivity index (χ4v) is 1.64. The van der Waals surface area contributed by atoms with Gasteiger partial charge in [0.05, 0.1) is 0 Å². The number of nitrogens with one attached hydrogen (secondary N) is 2. The van der Waals surface area contributed by atoms with E-state index in [9.17, 15) is 9.59 Å². The first-order valence-electron chi connectivity index (χ1n) is 6.76. The highest BCUT2D eigenvalue weighted by atomic mass is 16.4. The molecule has 6 heteroatoms. The standard InChI is InChI=1S/C13H27N3O3/c1-5-11(8-12(17)18)9-14-13(19)15-10(2)6-7-16(3)4/h10-11H,5-9H2,1-4H3,(H,17,18)(H2,14,15,19). The Hall–Kier alpha value is -1.30. The van der Waals surface area contributed by atoms with Gasteiger partial charge in [0.15, 0.2) is 0 Å². The number of aliphatic carboxylic acids is 1. The van der Waals surface area contributed by atoms with Crippen molar-refractivity contribution >= 4 is 12.0 Å². The molecule has 0 aliphatic carbocycles. The summed E-state index contributed by atoms with van der Waals surface area (Å²) in [7, 11) is 3.98. The molecule has 2 atom stereocenters. The maximum Gasteiger partial charge on any atom is 0.315 e. The molecule has 0 heterocycles. The molecule has 0 aliphatic rings. The molecule has 2 amide bonds. The van der Waals surface area contributed by atoms with E-state index >= 15 is 0 Å². The van der Waals surface area contributed by atoms with Gasteiger partial charge < -0.3 is 20.6 Å². The van der Waals surface area contributed by atoms with Crippen molar-refractivity contribution in [1.29, 1.82) is 0 Å². The second-order valence-electron chi connectivity index (χ2n) is 5.22. The zero-order chi connectivity index (χ0) is 14.8. The minimum Gasteiger partial charge on any atom is -0.481 e. The predicted molar refractivity (Wildman–Crippen MR) is 75.2 cm³/mol. The zero-order valence-corrected chi connectivity index (χ0v) is 12.4. The van der Waals surface area contributed by atoms with Crippen molar-refractivity contribution in [3.05, 3.63) is 0 Å². The predicted octanol–water partition coefficient (Wildman–Crippen LogP) is 1.13. The highest BCUT2D eigenvalue weighted by molar-refractivity contribution is 5.74. The van der Waals surface area contributed by atoms with E-state index in [0.717, 1.165) is 19.4 Å². The lowest BCUT2D eigenvalue weighted by molar-refractivity contribution is -0.138. The molecule has 0 aromatic rings. The maximum absolute atomic E-state index is 11.6. The molecule has 0 saturated heterocycles. The van der Waals surface area contributed by atoms with Crippen molar-refractivity contribution in [2.24, 2.45) is 5.92 Å². The average molecular weight is 273 g/mol. The lowest BCUT2D eigenvalue weighted by Crippen LogP contribution is -2.43. The van der Waals surface area contributed by atoms with Crippen LogP contribution in [0, 0.1) is 5.92 Å².